The predicted molar refractivity (Wildman–Crippen MR) is 70.5 cm³/mol. The van der Waals surface area contributed by atoms with Crippen molar-refractivity contribution in [3.05, 3.63) is 52.7 Å². The number of ketones is 1. The number of hydrogen-bond donors (Lipinski definition) is 0. The van der Waals surface area contributed by atoms with E-state index in [-0.39, 0.29) is 5.78 Å². The standard InChI is InChI=1S/C14H12ClNO2/c1-9-3-4-12(15)13(7-9)18-14-8-11(10(2)17)5-6-16-14/h3-8H,1-2H3. The molecule has 2 aromatic rings. The zero-order valence-corrected chi connectivity index (χ0v) is 10.9. The molecule has 1 aromatic heterocycles. The van der Waals surface area contributed by atoms with Crippen molar-refractivity contribution in [3.8, 4) is 11.6 Å². The van der Waals surface area contributed by atoms with Gasteiger partial charge in [0.25, 0.3) is 0 Å². The van der Waals surface area contributed by atoms with E-state index < -0.39 is 0 Å². The highest BCUT2D eigenvalue weighted by atomic mass is 35.5. The van der Waals surface area contributed by atoms with Gasteiger partial charge in [0.1, 0.15) is 5.75 Å². The summed E-state index contributed by atoms with van der Waals surface area (Å²) in [7, 11) is 0. The molecule has 2 rings (SSSR count). The largest absolute Gasteiger partial charge is 0.437 e. The molecule has 0 aliphatic carbocycles. The second-order valence-electron chi connectivity index (χ2n) is 3.97. The predicted octanol–water partition coefficient (Wildman–Crippen LogP) is 4.04. The average Bonchev–Trinajstić information content (AvgIpc) is 2.34. The number of halogens is 1. The Labute approximate surface area is 110 Å². The van der Waals surface area contributed by atoms with E-state index in [1.807, 2.05) is 19.1 Å². The summed E-state index contributed by atoms with van der Waals surface area (Å²) in [5, 5.41) is 0.510. The van der Waals surface area contributed by atoms with Crippen LogP contribution in [0.3, 0.4) is 0 Å². The van der Waals surface area contributed by atoms with Crippen LogP contribution < -0.4 is 4.74 Å². The summed E-state index contributed by atoms with van der Waals surface area (Å²) in [5.41, 5.74) is 1.60. The van der Waals surface area contributed by atoms with Gasteiger partial charge in [-0.1, -0.05) is 17.7 Å². The fourth-order valence-electron chi connectivity index (χ4n) is 1.49. The number of carbonyl (C=O) groups is 1. The maximum atomic E-state index is 11.3. The molecule has 0 spiro atoms. The zero-order chi connectivity index (χ0) is 13.1. The first-order valence-corrected chi connectivity index (χ1v) is 5.85. The van der Waals surface area contributed by atoms with Crippen LogP contribution >= 0.6 is 11.6 Å². The Hall–Kier alpha value is -1.87. The molecule has 0 amide bonds. The molecule has 0 atom stereocenters. The second kappa shape index (κ2) is 5.19. The summed E-state index contributed by atoms with van der Waals surface area (Å²) >= 11 is 6.03. The fraction of sp³-hybridized carbons (Fsp3) is 0.143. The third kappa shape index (κ3) is 2.87. The highest BCUT2D eigenvalue weighted by Gasteiger charge is 2.06. The van der Waals surface area contributed by atoms with Crippen molar-refractivity contribution in [2.45, 2.75) is 13.8 Å². The van der Waals surface area contributed by atoms with Crippen LogP contribution in [0.4, 0.5) is 0 Å². The maximum Gasteiger partial charge on any atom is 0.219 e. The Morgan fingerprint density at radius 1 is 1.28 bits per heavy atom. The molecule has 18 heavy (non-hydrogen) atoms. The van der Waals surface area contributed by atoms with Crippen molar-refractivity contribution in [1.29, 1.82) is 0 Å². The number of Topliss-reactive ketones (excluding diaryl/α,β-unsaturated/α-hetero) is 1. The monoisotopic (exact) mass is 261 g/mol. The Bertz CT molecular complexity index is 596. The van der Waals surface area contributed by atoms with Gasteiger partial charge in [-0.25, -0.2) is 4.98 Å². The smallest absolute Gasteiger partial charge is 0.219 e. The Kier molecular flexibility index (Phi) is 3.63. The van der Waals surface area contributed by atoms with Gasteiger partial charge in [0.05, 0.1) is 5.02 Å². The Balaban J connectivity index is 2.31. The number of aromatic nitrogens is 1. The van der Waals surface area contributed by atoms with E-state index in [4.69, 9.17) is 16.3 Å². The van der Waals surface area contributed by atoms with E-state index in [9.17, 15) is 4.79 Å². The first-order chi connectivity index (χ1) is 8.56. The quantitative estimate of drug-likeness (QED) is 0.783. The zero-order valence-electron chi connectivity index (χ0n) is 10.1. The number of aryl methyl sites for hydroxylation is 1. The van der Waals surface area contributed by atoms with Gasteiger partial charge in [0.15, 0.2) is 5.78 Å². The third-order valence-corrected chi connectivity index (χ3v) is 2.75. The number of benzene rings is 1. The highest BCUT2D eigenvalue weighted by molar-refractivity contribution is 6.32. The molecule has 0 N–H and O–H groups in total. The SMILES string of the molecule is CC(=O)c1ccnc(Oc2cc(C)ccc2Cl)c1. The lowest BCUT2D eigenvalue weighted by Gasteiger charge is -2.08. The van der Waals surface area contributed by atoms with Gasteiger partial charge < -0.3 is 4.74 Å². The average molecular weight is 262 g/mol. The van der Waals surface area contributed by atoms with Crippen LogP contribution in [-0.4, -0.2) is 10.8 Å². The van der Waals surface area contributed by atoms with Crippen LogP contribution in [0, 0.1) is 6.92 Å². The molecule has 0 bridgehead atoms. The number of rotatable bonds is 3. The molecule has 0 aliphatic rings. The maximum absolute atomic E-state index is 11.3. The summed E-state index contributed by atoms with van der Waals surface area (Å²) in [6.45, 7) is 3.45. The molecule has 0 fully saturated rings. The van der Waals surface area contributed by atoms with Crippen LogP contribution in [0.15, 0.2) is 36.5 Å². The van der Waals surface area contributed by atoms with E-state index in [0.29, 0.717) is 22.2 Å². The van der Waals surface area contributed by atoms with E-state index in [0.717, 1.165) is 5.56 Å². The van der Waals surface area contributed by atoms with E-state index in [1.54, 1.807) is 18.2 Å². The van der Waals surface area contributed by atoms with Crippen molar-refractivity contribution < 1.29 is 9.53 Å². The normalized spacial score (nSPS) is 10.2. The highest BCUT2D eigenvalue weighted by Crippen LogP contribution is 2.29. The topological polar surface area (TPSA) is 39.2 Å². The summed E-state index contributed by atoms with van der Waals surface area (Å²) in [5.74, 6) is 0.859. The molecule has 1 heterocycles. The van der Waals surface area contributed by atoms with E-state index >= 15 is 0 Å². The Morgan fingerprint density at radius 2 is 2.06 bits per heavy atom. The lowest BCUT2D eigenvalue weighted by molar-refractivity contribution is 0.101. The molecule has 0 radical (unpaired) electrons. The molecule has 0 saturated carbocycles. The molecule has 0 aliphatic heterocycles. The van der Waals surface area contributed by atoms with Gasteiger partial charge in [0, 0.05) is 17.8 Å². The molecule has 4 heteroatoms. The molecule has 92 valence electrons. The summed E-state index contributed by atoms with van der Waals surface area (Å²) in [6.07, 6.45) is 1.54. The second-order valence-corrected chi connectivity index (χ2v) is 4.38. The van der Waals surface area contributed by atoms with Gasteiger partial charge >= 0.3 is 0 Å². The van der Waals surface area contributed by atoms with Gasteiger partial charge in [-0.05, 0) is 37.6 Å². The number of pyridine rings is 1. The minimum Gasteiger partial charge on any atom is -0.437 e. The lowest BCUT2D eigenvalue weighted by atomic mass is 10.2. The number of ether oxygens (including phenoxy) is 1. The minimum atomic E-state index is -0.0300. The van der Waals surface area contributed by atoms with Crippen molar-refractivity contribution in [2.24, 2.45) is 0 Å². The third-order valence-electron chi connectivity index (χ3n) is 2.44. The van der Waals surface area contributed by atoms with Gasteiger partial charge in [0.2, 0.25) is 5.88 Å². The minimum absolute atomic E-state index is 0.0300. The van der Waals surface area contributed by atoms with Crippen molar-refractivity contribution >= 4 is 17.4 Å². The molecule has 1 aromatic carbocycles. The summed E-state index contributed by atoms with van der Waals surface area (Å²) < 4.78 is 5.59. The van der Waals surface area contributed by atoms with Crippen molar-refractivity contribution in [3.63, 3.8) is 0 Å². The summed E-state index contributed by atoms with van der Waals surface area (Å²) in [4.78, 5) is 15.3. The van der Waals surface area contributed by atoms with Crippen LogP contribution in [0.1, 0.15) is 22.8 Å². The Morgan fingerprint density at radius 3 is 2.78 bits per heavy atom. The first-order valence-electron chi connectivity index (χ1n) is 5.47. The van der Waals surface area contributed by atoms with Crippen LogP contribution in [-0.2, 0) is 0 Å². The molecule has 3 nitrogen and oxygen atoms in total. The lowest BCUT2D eigenvalue weighted by Crippen LogP contribution is -1.95. The first kappa shape index (κ1) is 12.6. The molecule has 0 saturated heterocycles. The van der Waals surface area contributed by atoms with Crippen molar-refractivity contribution in [1.82, 2.24) is 4.98 Å². The van der Waals surface area contributed by atoms with Gasteiger partial charge in [-0.2, -0.15) is 0 Å². The number of hydrogen-bond acceptors (Lipinski definition) is 3. The van der Waals surface area contributed by atoms with E-state index in [1.165, 1.54) is 13.1 Å². The van der Waals surface area contributed by atoms with Gasteiger partial charge in [-0.3, -0.25) is 4.79 Å². The van der Waals surface area contributed by atoms with Crippen molar-refractivity contribution in [2.75, 3.05) is 0 Å². The number of nitrogens with zero attached hydrogens (tertiary/aromatic N) is 1. The van der Waals surface area contributed by atoms with Crippen LogP contribution in [0.5, 0.6) is 11.6 Å². The molecular weight excluding hydrogens is 250 g/mol. The van der Waals surface area contributed by atoms with Gasteiger partial charge in [-0.15, -0.1) is 0 Å². The summed E-state index contributed by atoms with van der Waals surface area (Å²) in [6, 6.07) is 8.73. The van der Waals surface area contributed by atoms with Crippen LogP contribution in [0.25, 0.3) is 0 Å². The number of carbonyl (C=O) groups excluding carboxylic acids is 1. The van der Waals surface area contributed by atoms with E-state index in [2.05, 4.69) is 4.98 Å². The van der Waals surface area contributed by atoms with Crippen LogP contribution in [0.2, 0.25) is 5.02 Å². The molecule has 0 unspecified atom stereocenters. The molecular formula is C14H12ClNO2. The fourth-order valence-corrected chi connectivity index (χ4v) is 1.64.